The van der Waals surface area contributed by atoms with Crippen molar-refractivity contribution in [1.82, 2.24) is 9.97 Å². The summed E-state index contributed by atoms with van der Waals surface area (Å²) >= 11 is 1.50. The maximum atomic E-state index is 12.1. The van der Waals surface area contributed by atoms with Gasteiger partial charge in [0, 0.05) is 16.7 Å². The number of para-hydroxylation sites is 1. The Kier molecular flexibility index (Phi) is 3.42. The smallest absolute Gasteiger partial charge is 0.340 e. The zero-order valence-electron chi connectivity index (χ0n) is 12.5. The van der Waals surface area contributed by atoms with Crippen LogP contribution < -0.4 is 5.63 Å². The zero-order chi connectivity index (χ0) is 15.8. The van der Waals surface area contributed by atoms with Crippen LogP contribution >= 0.6 is 11.8 Å². The van der Waals surface area contributed by atoms with Crippen LogP contribution in [0.25, 0.3) is 22.0 Å². The Bertz CT molecular complexity index is 1070. The molecule has 0 bridgehead atoms. The fraction of sp³-hybridized carbons (Fsp3) is 0.111. The molecule has 0 aliphatic heterocycles. The highest BCUT2D eigenvalue weighted by molar-refractivity contribution is 7.98. The van der Waals surface area contributed by atoms with Crippen LogP contribution in [-0.2, 0) is 5.75 Å². The zero-order valence-corrected chi connectivity index (χ0v) is 13.3. The van der Waals surface area contributed by atoms with Crippen LogP contribution in [0.2, 0.25) is 0 Å². The summed E-state index contributed by atoms with van der Waals surface area (Å²) in [4.78, 5) is 19.9. The van der Waals surface area contributed by atoms with Crippen molar-refractivity contribution >= 4 is 33.8 Å². The summed E-state index contributed by atoms with van der Waals surface area (Å²) in [6.07, 6.45) is 0. The highest BCUT2D eigenvalue weighted by Gasteiger charge is 2.08. The lowest BCUT2D eigenvalue weighted by Gasteiger charge is -2.00. The highest BCUT2D eigenvalue weighted by atomic mass is 32.2. The minimum absolute atomic E-state index is 0.289. The number of aromatic nitrogens is 2. The number of imidazole rings is 1. The first-order valence-corrected chi connectivity index (χ1v) is 8.28. The second kappa shape index (κ2) is 5.59. The van der Waals surface area contributed by atoms with E-state index in [2.05, 4.69) is 16.0 Å². The molecule has 0 fully saturated rings. The van der Waals surface area contributed by atoms with Crippen LogP contribution in [0.1, 0.15) is 11.1 Å². The molecule has 0 amide bonds. The van der Waals surface area contributed by atoms with Gasteiger partial charge in [-0.3, -0.25) is 0 Å². The monoisotopic (exact) mass is 322 g/mol. The molecule has 0 atom stereocenters. The first-order valence-electron chi connectivity index (χ1n) is 7.30. The lowest BCUT2D eigenvalue weighted by molar-refractivity contribution is 0.554. The van der Waals surface area contributed by atoms with Crippen molar-refractivity contribution in [1.29, 1.82) is 0 Å². The lowest BCUT2D eigenvalue weighted by Crippen LogP contribution is -2.05. The van der Waals surface area contributed by atoms with Crippen LogP contribution in [0.4, 0.5) is 0 Å². The molecule has 0 spiro atoms. The number of rotatable bonds is 3. The van der Waals surface area contributed by atoms with Crippen LogP contribution in [-0.4, -0.2) is 9.97 Å². The Hall–Kier alpha value is -2.53. The molecule has 0 aliphatic carbocycles. The van der Waals surface area contributed by atoms with Gasteiger partial charge in [0.25, 0.3) is 0 Å². The van der Waals surface area contributed by atoms with E-state index in [-0.39, 0.29) is 5.63 Å². The van der Waals surface area contributed by atoms with E-state index in [9.17, 15) is 4.79 Å². The number of H-pyrrole nitrogens is 1. The third kappa shape index (κ3) is 2.75. The SMILES string of the molecule is Cc1ccc2nc(SCc3cc4ccccc4oc3=O)[nH]c2c1. The van der Waals surface area contributed by atoms with Crippen LogP contribution in [0.5, 0.6) is 0 Å². The summed E-state index contributed by atoms with van der Waals surface area (Å²) in [5.74, 6) is 0.520. The molecule has 4 nitrogen and oxygen atoms in total. The van der Waals surface area contributed by atoms with Gasteiger partial charge in [-0.2, -0.15) is 0 Å². The fourth-order valence-corrected chi connectivity index (χ4v) is 3.36. The van der Waals surface area contributed by atoms with Gasteiger partial charge in [0.2, 0.25) is 0 Å². The molecule has 23 heavy (non-hydrogen) atoms. The molecule has 0 radical (unpaired) electrons. The molecule has 1 N–H and O–H groups in total. The molecule has 2 aromatic heterocycles. The highest BCUT2D eigenvalue weighted by Crippen LogP contribution is 2.24. The molecule has 5 heteroatoms. The van der Waals surface area contributed by atoms with E-state index in [0.717, 1.165) is 21.6 Å². The average Bonchev–Trinajstić information content (AvgIpc) is 2.94. The van der Waals surface area contributed by atoms with Gasteiger partial charge >= 0.3 is 5.63 Å². The van der Waals surface area contributed by atoms with Gasteiger partial charge in [0.1, 0.15) is 5.58 Å². The third-order valence-corrected chi connectivity index (χ3v) is 4.62. The van der Waals surface area contributed by atoms with Gasteiger partial charge in [-0.1, -0.05) is 36.0 Å². The van der Waals surface area contributed by atoms with E-state index in [1.54, 1.807) is 6.07 Å². The molecule has 4 rings (SSSR count). The fourth-order valence-electron chi connectivity index (χ4n) is 2.52. The minimum atomic E-state index is -0.289. The van der Waals surface area contributed by atoms with Crippen molar-refractivity contribution in [3.63, 3.8) is 0 Å². The molecule has 2 aromatic carbocycles. The maximum Gasteiger partial charge on any atom is 0.340 e. The van der Waals surface area contributed by atoms with Crippen molar-refractivity contribution < 1.29 is 4.42 Å². The van der Waals surface area contributed by atoms with Gasteiger partial charge in [-0.15, -0.1) is 0 Å². The van der Waals surface area contributed by atoms with E-state index < -0.39 is 0 Å². The van der Waals surface area contributed by atoms with Crippen LogP contribution in [0.15, 0.2) is 62.9 Å². The second-order valence-corrected chi connectivity index (χ2v) is 6.41. The first-order chi connectivity index (χ1) is 11.2. The quantitative estimate of drug-likeness (QED) is 0.452. The number of hydrogen-bond acceptors (Lipinski definition) is 4. The predicted octanol–water partition coefficient (Wildman–Crippen LogP) is 4.27. The summed E-state index contributed by atoms with van der Waals surface area (Å²) in [5, 5.41) is 1.74. The number of nitrogens with zero attached hydrogens (tertiary/aromatic N) is 1. The molecule has 4 aromatic rings. The summed E-state index contributed by atoms with van der Waals surface area (Å²) < 4.78 is 5.36. The predicted molar refractivity (Wildman–Crippen MR) is 92.9 cm³/mol. The van der Waals surface area contributed by atoms with Gasteiger partial charge in [0.15, 0.2) is 5.16 Å². The Morgan fingerprint density at radius 3 is 2.96 bits per heavy atom. The molecular formula is C18H14N2O2S. The first kappa shape index (κ1) is 14.1. The van der Waals surface area contributed by atoms with Crippen molar-refractivity contribution in [2.75, 3.05) is 0 Å². The number of aromatic amines is 1. The molecule has 0 aliphatic rings. The van der Waals surface area contributed by atoms with Gasteiger partial charge in [0.05, 0.1) is 11.0 Å². The largest absolute Gasteiger partial charge is 0.423 e. The Labute approximate surface area is 136 Å². The molecule has 0 saturated carbocycles. The molecule has 0 unspecified atom stereocenters. The number of aryl methyl sites for hydroxylation is 1. The normalized spacial score (nSPS) is 11.3. The average molecular weight is 322 g/mol. The number of nitrogens with one attached hydrogen (secondary N) is 1. The number of fused-ring (bicyclic) bond motifs is 2. The van der Waals surface area contributed by atoms with Crippen molar-refractivity contribution in [2.45, 2.75) is 17.8 Å². The van der Waals surface area contributed by atoms with E-state index in [1.807, 2.05) is 43.3 Å². The standard InChI is InChI=1S/C18H14N2O2S/c1-11-6-7-14-15(8-11)20-18(19-14)23-10-13-9-12-4-2-3-5-16(12)22-17(13)21/h2-9H,10H2,1H3,(H,19,20). The third-order valence-electron chi connectivity index (χ3n) is 3.69. The van der Waals surface area contributed by atoms with Gasteiger partial charge < -0.3 is 9.40 Å². The Balaban J connectivity index is 1.62. The minimum Gasteiger partial charge on any atom is -0.423 e. The van der Waals surface area contributed by atoms with E-state index >= 15 is 0 Å². The van der Waals surface area contributed by atoms with Crippen molar-refractivity contribution in [2.24, 2.45) is 0 Å². The van der Waals surface area contributed by atoms with Gasteiger partial charge in [-0.25, -0.2) is 9.78 Å². The maximum absolute atomic E-state index is 12.1. The van der Waals surface area contributed by atoms with Crippen LogP contribution in [0, 0.1) is 6.92 Å². The van der Waals surface area contributed by atoms with Crippen LogP contribution in [0.3, 0.4) is 0 Å². The molecule has 0 saturated heterocycles. The summed E-state index contributed by atoms with van der Waals surface area (Å²) in [5.41, 5.74) is 4.11. The van der Waals surface area contributed by atoms with E-state index in [1.165, 1.54) is 17.3 Å². The topological polar surface area (TPSA) is 58.9 Å². The van der Waals surface area contributed by atoms with Crippen molar-refractivity contribution in [3.8, 4) is 0 Å². The van der Waals surface area contributed by atoms with Gasteiger partial charge in [-0.05, 0) is 36.8 Å². The molecule has 114 valence electrons. The van der Waals surface area contributed by atoms with Crippen molar-refractivity contribution in [3.05, 3.63) is 70.1 Å². The van der Waals surface area contributed by atoms with E-state index in [4.69, 9.17) is 4.42 Å². The Morgan fingerprint density at radius 1 is 1.17 bits per heavy atom. The summed E-state index contributed by atoms with van der Waals surface area (Å²) in [7, 11) is 0. The second-order valence-electron chi connectivity index (χ2n) is 5.45. The summed E-state index contributed by atoms with van der Waals surface area (Å²) in [6, 6.07) is 15.5. The number of benzene rings is 2. The van der Waals surface area contributed by atoms with E-state index in [0.29, 0.717) is 16.9 Å². The number of hydrogen-bond donors (Lipinski definition) is 1. The molecular weight excluding hydrogens is 308 g/mol. The summed E-state index contributed by atoms with van der Waals surface area (Å²) in [6.45, 7) is 2.05. The molecule has 2 heterocycles. The lowest BCUT2D eigenvalue weighted by atomic mass is 10.2. The Morgan fingerprint density at radius 2 is 2.04 bits per heavy atom. The number of thioether (sulfide) groups is 1.